The lowest BCUT2D eigenvalue weighted by Gasteiger charge is -2.35. The van der Waals surface area contributed by atoms with Crippen LogP contribution in [0.2, 0.25) is 0 Å². The average Bonchev–Trinajstić information content (AvgIpc) is 2.84. The largest absolute Gasteiger partial charge is 0.459 e. The standard InChI is InChI=1S/C17H25N3O/c1-19-9-5-6-13(11-19)20(2)12-17-15(10-18)14-7-3-4-8-16(14)21-17/h3-4,7-8,13H,5-6,9-12,18H2,1-2H3. The molecular weight excluding hydrogens is 262 g/mol. The summed E-state index contributed by atoms with van der Waals surface area (Å²) in [5, 5.41) is 1.16. The molecule has 2 N–H and O–H groups in total. The highest BCUT2D eigenvalue weighted by Crippen LogP contribution is 2.27. The van der Waals surface area contributed by atoms with E-state index in [0.29, 0.717) is 12.6 Å². The Morgan fingerprint density at radius 1 is 1.38 bits per heavy atom. The number of likely N-dealkylation sites (tertiary alicyclic amines) is 1. The highest BCUT2D eigenvalue weighted by Gasteiger charge is 2.23. The Balaban J connectivity index is 1.80. The molecule has 114 valence electrons. The summed E-state index contributed by atoms with van der Waals surface area (Å²) in [5.74, 6) is 1.02. The minimum Gasteiger partial charge on any atom is -0.459 e. The fraction of sp³-hybridized carbons (Fsp3) is 0.529. The van der Waals surface area contributed by atoms with Crippen LogP contribution in [0.25, 0.3) is 11.0 Å². The molecule has 1 aliphatic rings. The SMILES string of the molecule is CN1CCCC(N(C)Cc2oc3ccccc3c2CN)C1. The number of nitrogens with two attached hydrogens (primary N) is 1. The van der Waals surface area contributed by atoms with Crippen LogP contribution in [0.5, 0.6) is 0 Å². The molecule has 2 aromatic rings. The predicted octanol–water partition coefficient (Wildman–Crippen LogP) is 2.42. The minimum absolute atomic E-state index is 0.532. The maximum absolute atomic E-state index is 6.04. The maximum Gasteiger partial charge on any atom is 0.134 e. The van der Waals surface area contributed by atoms with Crippen LogP contribution in [0, 0.1) is 0 Å². The number of hydrogen-bond acceptors (Lipinski definition) is 4. The summed E-state index contributed by atoms with van der Waals surface area (Å²) in [6, 6.07) is 8.77. The van der Waals surface area contributed by atoms with Gasteiger partial charge in [-0.15, -0.1) is 0 Å². The van der Waals surface area contributed by atoms with Crippen molar-refractivity contribution in [2.24, 2.45) is 5.73 Å². The van der Waals surface area contributed by atoms with Crippen LogP contribution in [0.4, 0.5) is 0 Å². The number of para-hydroxylation sites is 1. The molecular formula is C17H25N3O. The van der Waals surface area contributed by atoms with Crippen LogP contribution >= 0.6 is 0 Å². The second kappa shape index (κ2) is 6.18. The van der Waals surface area contributed by atoms with Crippen LogP contribution < -0.4 is 5.73 Å². The van der Waals surface area contributed by atoms with Gasteiger partial charge in [-0.2, -0.15) is 0 Å². The molecule has 1 saturated heterocycles. The lowest BCUT2D eigenvalue weighted by molar-refractivity contribution is 0.123. The Kier molecular flexibility index (Phi) is 4.29. The third-order valence-corrected chi connectivity index (χ3v) is 4.60. The average molecular weight is 287 g/mol. The monoisotopic (exact) mass is 287 g/mol. The molecule has 0 radical (unpaired) electrons. The molecule has 1 fully saturated rings. The summed E-state index contributed by atoms with van der Waals surface area (Å²) in [5.41, 5.74) is 8.05. The number of rotatable bonds is 4. The number of furan rings is 1. The van der Waals surface area contributed by atoms with Gasteiger partial charge in [-0.25, -0.2) is 0 Å². The number of hydrogen-bond donors (Lipinski definition) is 1. The Bertz CT molecular complexity index is 607. The molecule has 0 amide bonds. The Hall–Kier alpha value is -1.36. The molecule has 21 heavy (non-hydrogen) atoms. The van der Waals surface area contributed by atoms with Crippen molar-refractivity contribution in [1.82, 2.24) is 9.80 Å². The summed E-state index contributed by atoms with van der Waals surface area (Å²) in [4.78, 5) is 4.82. The van der Waals surface area contributed by atoms with Crippen LogP contribution in [-0.4, -0.2) is 43.0 Å². The lowest BCUT2D eigenvalue weighted by Crippen LogP contribution is -2.44. The molecule has 4 heteroatoms. The molecule has 1 atom stereocenters. The summed E-state index contributed by atoms with van der Waals surface area (Å²) < 4.78 is 6.04. The van der Waals surface area contributed by atoms with E-state index in [1.54, 1.807) is 0 Å². The van der Waals surface area contributed by atoms with Crippen molar-refractivity contribution < 1.29 is 4.42 Å². The fourth-order valence-electron chi connectivity index (χ4n) is 3.36. The van der Waals surface area contributed by atoms with Crippen molar-refractivity contribution in [3.05, 3.63) is 35.6 Å². The van der Waals surface area contributed by atoms with Crippen LogP contribution in [0.15, 0.2) is 28.7 Å². The smallest absolute Gasteiger partial charge is 0.134 e. The summed E-state index contributed by atoms with van der Waals surface area (Å²) in [6.07, 6.45) is 2.54. The number of fused-ring (bicyclic) bond motifs is 1. The van der Waals surface area contributed by atoms with Crippen molar-refractivity contribution in [2.45, 2.75) is 32.0 Å². The van der Waals surface area contributed by atoms with Crippen molar-refractivity contribution in [2.75, 3.05) is 27.2 Å². The molecule has 1 aliphatic heterocycles. The molecule has 0 saturated carbocycles. The number of nitrogens with zero attached hydrogens (tertiary/aromatic N) is 2. The Morgan fingerprint density at radius 3 is 2.95 bits per heavy atom. The highest BCUT2D eigenvalue weighted by molar-refractivity contribution is 5.82. The maximum atomic E-state index is 6.04. The summed E-state index contributed by atoms with van der Waals surface area (Å²) in [6.45, 7) is 3.71. The molecule has 2 heterocycles. The lowest BCUT2D eigenvalue weighted by atomic mass is 10.0. The summed E-state index contributed by atoms with van der Waals surface area (Å²) in [7, 11) is 4.39. The van der Waals surface area contributed by atoms with E-state index in [-0.39, 0.29) is 0 Å². The molecule has 0 bridgehead atoms. The van der Waals surface area contributed by atoms with Gasteiger partial charge in [0, 0.05) is 30.1 Å². The fourth-order valence-corrected chi connectivity index (χ4v) is 3.36. The van der Waals surface area contributed by atoms with Crippen LogP contribution in [0.1, 0.15) is 24.2 Å². The third-order valence-electron chi connectivity index (χ3n) is 4.60. The van der Waals surface area contributed by atoms with E-state index in [9.17, 15) is 0 Å². The van der Waals surface area contributed by atoms with Gasteiger partial charge in [0.2, 0.25) is 0 Å². The van der Waals surface area contributed by atoms with E-state index < -0.39 is 0 Å². The van der Waals surface area contributed by atoms with E-state index in [2.05, 4.69) is 30.0 Å². The van der Waals surface area contributed by atoms with Crippen molar-refractivity contribution in [3.8, 4) is 0 Å². The van der Waals surface area contributed by atoms with Crippen LogP contribution in [0.3, 0.4) is 0 Å². The zero-order chi connectivity index (χ0) is 14.8. The van der Waals surface area contributed by atoms with Gasteiger partial charge in [0.05, 0.1) is 6.54 Å². The van der Waals surface area contributed by atoms with E-state index in [4.69, 9.17) is 10.2 Å². The van der Waals surface area contributed by atoms with Gasteiger partial charge >= 0.3 is 0 Å². The zero-order valence-electron chi connectivity index (χ0n) is 13.0. The van der Waals surface area contributed by atoms with Crippen molar-refractivity contribution in [3.63, 3.8) is 0 Å². The quantitative estimate of drug-likeness (QED) is 0.938. The number of piperidine rings is 1. The normalized spacial score (nSPS) is 20.5. The molecule has 0 aliphatic carbocycles. The molecule has 1 aromatic heterocycles. The van der Waals surface area contributed by atoms with Gasteiger partial charge < -0.3 is 15.1 Å². The van der Waals surface area contributed by atoms with Gasteiger partial charge in [0.1, 0.15) is 11.3 Å². The molecule has 4 nitrogen and oxygen atoms in total. The first-order chi connectivity index (χ1) is 10.2. The van der Waals surface area contributed by atoms with Gasteiger partial charge in [-0.05, 0) is 39.5 Å². The van der Waals surface area contributed by atoms with Crippen molar-refractivity contribution >= 4 is 11.0 Å². The predicted molar refractivity (Wildman–Crippen MR) is 86.1 cm³/mol. The minimum atomic E-state index is 0.532. The zero-order valence-corrected chi connectivity index (χ0v) is 13.0. The van der Waals surface area contributed by atoms with Gasteiger partial charge in [-0.3, -0.25) is 4.90 Å². The number of benzene rings is 1. The van der Waals surface area contributed by atoms with Gasteiger partial charge in [-0.1, -0.05) is 18.2 Å². The Morgan fingerprint density at radius 2 is 2.19 bits per heavy atom. The molecule has 3 rings (SSSR count). The van der Waals surface area contributed by atoms with Gasteiger partial charge in [0.15, 0.2) is 0 Å². The Labute approximate surface area is 126 Å². The highest BCUT2D eigenvalue weighted by atomic mass is 16.3. The first kappa shape index (κ1) is 14.6. The first-order valence-electron chi connectivity index (χ1n) is 7.77. The topological polar surface area (TPSA) is 45.6 Å². The van der Waals surface area contributed by atoms with Crippen LogP contribution in [-0.2, 0) is 13.1 Å². The van der Waals surface area contributed by atoms with E-state index in [0.717, 1.165) is 35.4 Å². The van der Waals surface area contributed by atoms with E-state index in [1.807, 2.05) is 18.2 Å². The molecule has 1 unspecified atom stereocenters. The first-order valence-corrected chi connectivity index (χ1v) is 7.77. The molecule has 0 spiro atoms. The van der Waals surface area contributed by atoms with E-state index in [1.165, 1.54) is 19.4 Å². The number of likely N-dealkylation sites (N-methyl/N-ethyl adjacent to an activating group) is 2. The third kappa shape index (κ3) is 2.98. The molecule has 1 aromatic carbocycles. The summed E-state index contributed by atoms with van der Waals surface area (Å²) >= 11 is 0. The second-order valence-corrected chi connectivity index (χ2v) is 6.18. The van der Waals surface area contributed by atoms with Gasteiger partial charge in [0.25, 0.3) is 0 Å². The second-order valence-electron chi connectivity index (χ2n) is 6.18. The van der Waals surface area contributed by atoms with Crippen molar-refractivity contribution in [1.29, 1.82) is 0 Å². The van der Waals surface area contributed by atoms with E-state index >= 15 is 0 Å².